The van der Waals surface area contributed by atoms with Crippen molar-refractivity contribution in [3.8, 4) is 0 Å². The lowest BCUT2D eigenvalue weighted by molar-refractivity contribution is 0.281. The quantitative estimate of drug-likeness (QED) is 0.637. The summed E-state index contributed by atoms with van der Waals surface area (Å²) in [7, 11) is -1.64. The highest BCUT2D eigenvalue weighted by atomic mass is 32.2. The van der Waals surface area contributed by atoms with Gasteiger partial charge in [0, 0.05) is 26.2 Å². The summed E-state index contributed by atoms with van der Waals surface area (Å²) in [5.74, 6) is 1.24. The lowest BCUT2D eigenvalue weighted by atomic mass is 9.83. The summed E-state index contributed by atoms with van der Waals surface area (Å²) in [6.07, 6.45) is 8.24. The molecule has 0 saturated heterocycles. The molecule has 2 saturated carbocycles. The molecular formula is C15H31N3O2S. The van der Waals surface area contributed by atoms with Gasteiger partial charge in [0.05, 0.1) is 0 Å². The fourth-order valence-corrected chi connectivity index (χ4v) is 4.13. The molecule has 0 aromatic rings. The minimum Gasteiger partial charge on any atom is -0.314 e. The Morgan fingerprint density at radius 3 is 2.62 bits per heavy atom. The summed E-state index contributed by atoms with van der Waals surface area (Å²) in [6.45, 7) is 4.35. The fourth-order valence-electron chi connectivity index (χ4n) is 3.09. The summed E-state index contributed by atoms with van der Waals surface area (Å²) < 4.78 is 28.6. The Morgan fingerprint density at radius 1 is 1.19 bits per heavy atom. The Bertz CT molecular complexity index is 409. The zero-order valence-corrected chi connectivity index (χ0v) is 14.3. The van der Waals surface area contributed by atoms with Crippen LogP contribution in [-0.4, -0.2) is 45.4 Å². The number of rotatable bonds is 9. The van der Waals surface area contributed by atoms with Gasteiger partial charge >= 0.3 is 0 Å². The molecule has 0 radical (unpaired) electrons. The molecule has 0 aromatic carbocycles. The monoisotopic (exact) mass is 317 g/mol. The molecule has 0 heterocycles. The van der Waals surface area contributed by atoms with Crippen LogP contribution in [0.4, 0.5) is 0 Å². The standard InChI is InChI=1S/C15H31N3O2S/c1-13-5-3-6-14(11-13)12-17-21(19,20)18(2)10-4-9-16-15-7-8-15/h13-17H,3-12H2,1-2H3. The summed E-state index contributed by atoms with van der Waals surface area (Å²) in [5.41, 5.74) is 0. The molecule has 2 N–H and O–H groups in total. The molecule has 0 bridgehead atoms. The summed E-state index contributed by atoms with van der Waals surface area (Å²) in [6, 6.07) is 0.693. The molecule has 0 aliphatic heterocycles. The van der Waals surface area contributed by atoms with Crippen LogP contribution in [0.2, 0.25) is 0 Å². The van der Waals surface area contributed by atoms with Gasteiger partial charge < -0.3 is 5.32 Å². The van der Waals surface area contributed by atoms with Crippen molar-refractivity contribution in [3.63, 3.8) is 0 Å². The summed E-state index contributed by atoms with van der Waals surface area (Å²) in [4.78, 5) is 0. The molecule has 2 fully saturated rings. The van der Waals surface area contributed by atoms with E-state index in [0.717, 1.165) is 31.7 Å². The highest BCUT2D eigenvalue weighted by Gasteiger charge is 2.23. The number of nitrogens with one attached hydrogen (secondary N) is 2. The first-order chi connectivity index (χ1) is 9.97. The van der Waals surface area contributed by atoms with Crippen LogP contribution in [-0.2, 0) is 10.2 Å². The molecule has 0 amide bonds. The molecule has 2 unspecified atom stereocenters. The highest BCUT2D eigenvalue weighted by Crippen LogP contribution is 2.28. The average Bonchev–Trinajstić information content (AvgIpc) is 3.25. The van der Waals surface area contributed by atoms with Crippen molar-refractivity contribution in [1.29, 1.82) is 0 Å². The van der Waals surface area contributed by atoms with Gasteiger partial charge in [-0.3, -0.25) is 0 Å². The maximum Gasteiger partial charge on any atom is 0.279 e. The first-order valence-corrected chi connectivity index (χ1v) is 9.85. The number of hydrogen-bond donors (Lipinski definition) is 2. The van der Waals surface area contributed by atoms with E-state index >= 15 is 0 Å². The molecule has 124 valence electrons. The molecule has 2 aliphatic rings. The Balaban J connectivity index is 1.64. The second-order valence-electron chi connectivity index (χ2n) is 6.89. The maximum atomic E-state index is 12.2. The predicted octanol–water partition coefficient (Wildman–Crippen LogP) is 1.72. The van der Waals surface area contributed by atoms with E-state index in [1.807, 2.05) is 0 Å². The van der Waals surface area contributed by atoms with Crippen LogP contribution in [0.3, 0.4) is 0 Å². The topological polar surface area (TPSA) is 61.4 Å². The van der Waals surface area contributed by atoms with E-state index in [1.54, 1.807) is 7.05 Å². The molecule has 21 heavy (non-hydrogen) atoms. The van der Waals surface area contributed by atoms with Crippen molar-refractivity contribution in [1.82, 2.24) is 14.3 Å². The minimum absolute atomic E-state index is 0.508. The average molecular weight is 317 g/mol. The van der Waals surface area contributed by atoms with Crippen LogP contribution >= 0.6 is 0 Å². The number of nitrogens with zero attached hydrogens (tertiary/aromatic N) is 1. The fraction of sp³-hybridized carbons (Fsp3) is 1.00. The van der Waals surface area contributed by atoms with Crippen molar-refractivity contribution in [2.24, 2.45) is 11.8 Å². The zero-order chi connectivity index (χ0) is 15.3. The summed E-state index contributed by atoms with van der Waals surface area (Å²) in [5, 5.41) is 3.41. The van der Waals surface area contributed by atoms with Gasteiger partial charge in [-0.15, -0.1) is 0 Å². The first-order valence-electron chi connectivity index (χ1n) is 8.41. The Morgan fingerprint density at radius 2 is 1.95 bits per heavy atom. The highest BCUT2D eigenvalue weighted by molar-refractivity contribution is 7.87. The van der Waals surface area contributed by atoms with Crippen LogP contribution in [0.25, 0.3) is 0 Å². The van der Waals surface area contributed by atoms with E-state index in [-0.39, 0.29) is 0 Å². The van der Waals surface area contributed by atoms with Gasteiger partial charge in [-0.25, -0.2) is 4.72 Å². The van der Waals surface area contributed by atoms with Gasteiger partial charge in [-0.1, -0.05) is 19.8 Å². The Kier molecular flexibility index (Phi) is 6.47. The zero-order valence-electron chi connectivity index (χ0n) is 13.5. The molecule has 6 heteroatoms. The first kappa shape index (κ1) is 17.2. The van der Waals surface area contributed by atoms with Gasteiger partial charge in [-0.05, 0) is 50.5 Å². The third kappa shape index (κ3) is 6.22. The Hall–Kier alpha value is -0.170. The van der Waals surface area contributed by atoms with Gasteiger partial charge in [0.2, 0.25) is 0 Å². The van der Waals surface area contributed by atoms with Gasteiger partial charge in [0.1, 0.15) is 0 Å². The molecule has 2 atom stereocenters. The lowest BCUT2D eigenvalue weighted by Crippen LogP contribution is -2.41. The van der Waals surface area contributed by atoms with Crippen LogP contribution < -0.4 is 10.0 Å². The van der Waals surface area contributed by atoms with E-state index < -0.39 is 10.2 Å². The van der Waals surface area contributed by atoms with E-state index in [4.69, 9.17) is 0 Å². The van der Waals surface area contributed by atoms with Crippen molar-refractivity contribution >= 4 is 10.2 Å². The molecular weight excluding hydrogens is 286 g/mol. The van der Waals surface area contributed by atoms with Crippen LogP contribution in [0, 0.1) is 11.8 Å². The van der Waals surface area contributed by atoms with E-state index in [9.17, 15) is 8.42 Å². The minimum atomic E-state index is -3.31. The molecule has 5 nitrogen and oxygen atoms in total. The largest absolute Gasteiger partial charge is 0.314 e. The van der Waals surface area contributed by atoms with Crippen molar-refractivity contribution < 1.29 is 8.42 Å². The van der Waals surface area contributed by atoms with Crippen LogP contribution in [0.15, 0.2) is 0 Å². The van der Waals surface area contributed by atoms with Gasteiger partial charge in [-0.2, -0.15) is 12.7 Å². The number of hydrogen-bond acceptors (Lipinski definition) is 3. The van der Waals surface area contributed by atoms with Crippen molar-refractivity contribution in [2.45, 2.75) is 57.9 Å². The second-order valence-corrected chi connectivity index (χ2v) is 8.76. The molecule has 0 aromatic heterocycles. The maximum absolute atomic E-state index is 12.2. The SMILES string of the molecule is CC1CCCC(CNS(=O)(=O)N(C)CCCNC2CC2)C1. The van der Waals surface area contributed by atoms with E-state index in [2.05, 4.69) is 17.0 Å². The molecule has 0 spiro atoms. The third-order valence-electron chi connectivity index (χ3n) is 4.67. The van der Waals surface area contributed by atoms with Crippen molar-refractivity contribution in [2.75, 3.05) is 26.7 Å². The van der Waals surface area contributed by atoms with Crippen LogP contribution in [0.1, 0.15) is 51.9 Å². The normalized spacial score (nSPS) is 27.2. The third-order valence-corrected chi connectivity index (χ3v) is 6.20. The van der Waals surface area contributed by atoms with E-state index in [1.165, 1.54) is 30.0 Å². The van der Waals surface area contributed by atoms with E-state index in [0.29, 0.717) is 25.0 Å². The second kappa shape index (κ2) is 7.90. The van der Waals surface area contributed by atoms with Crippen LogP contribution in [0.5, 0.6) is 0 Å². The lowest BCUT2D eigenvalue weighted by Gasteiger charge is -2.27. The molecule has 2 aliphatic carbocycles. The molecule has 2 rings (SSSR count). The van der Waals surface area contributed by atoms with Gasteiger partial charge in [0.15, 0.2) is 0 Å². The summed E-state index contributed by atoms with van der Waals surface area (Å²) >= 11 is 0. The Labute approximate surface area is 130 Å². The van der Waals surface area contributed by atoms with Gasteiger partial charge in [0.25, 0.3) is 10.2 Å². The van der Waals surface area contributed by atoms with Crippen molar-refractivity contribution in [3.05, 3.63) is 0 Å². The predicted molar refractivity (Wildman–Crippen MR) is 86.3 cm³/mol. The smallest absolute Gasteiger partial charge is 0.279 e.